The van der Waals surface area contributed by atoms with E-state index in [1.54, 1.807) is 51.5 Å². The second-order valence-electron chi connectivity index (χ2n) is 6.28. The molecule has 5 heteroatoms. The van der Waals surface area contributed by atoms with E-state index in [0.717, 1.165) is 22.1 Å². The van der Waals surface area contributed by atoms with Gasteiger partial charge in [0.2, 0.25) is 0 Å². The van der Waals surface area contributed by atoms with Gasteiger partial charge in [-0.25, -0.2) is 0 Å². The molecular weight excluding hydrogens is 342 g/mol. The van der Waals surface area contributed by atoms with Crippen LogP contribution in [0.1, 0.15) is 15.9 Å². The van der Waals surface area contributed by atoms with Crippen molar-refractivity contribution in [1.29, 1.82) is 0 Å². The van der Waals surface area contributed by atoms with Gasteiger partial charge in [-0.2, -0.15) is 0 Å². The first-order valence-corrected chi connectivity index (χ1v) is 8.60. The Kier molecular flexibility index (Phi) is 5.50. The summed E-state index contributed by atoms with van der Waals surface area (Å²) in [4.78, 5) is 14.5. The van der Waals surface area contributed by atoms with Crippen LogP contribution >= 0.6 is 0 Å². The molecule has 3 aromatic rings. The molecule has 0 heterocycles. The first-order valence-electron chi connectivity index (χ1n) is 8.60. The highest BCUT2D eigenvalue weighted by molar-refractivity contribution is 5.95. The average molecular weight is 365 g/mol. The lowest BCUT2D eigenvalue weighted by atomic mass is 10.1. The van der Waals surface area contributed by atoms with Crippen molar-refractivity contribution < 1.29 is 19.0 Å². The number of rotatable bonds is 6. The third-order valence-electron chi connectivity index (χ3n) is 4.51. The van der Waals surface area contributed by atoms with Gasteiger partial charge in [0, 0.05) is 19.2 Å². The lowest BCUT2D eigenvalue weighted by Crippen LogP contribution is -2.26. The molecule has 0 aromatic heterocycles. The Morgan fingerprint density at radius 3 is 2.22 bits per heavy atom. The fraction of sp³-hybridized carbons (Fsp3) is 0.227. The minimum absolute atomic E-state index is 0.0780. The molecule has 5 nitrogen and oxygen atoms in total. The lowest BCUT2D eigenvalue weighted by molar-refractivity contribution is 0.0784. The Labute approximate surface area is 159 Å². The third kappa shape index (κ3) is 3.97. The van der Waals surface area contributed by atoms with Gasteiger partial charge in [0.25, 0.3) is 5.91 Å². The van der Waals surface area contributed by atoms with Crippen LogP contribution in [-0.2, 0) is 6.54 Å². The summed E-state index contributed by atoms with van der Waals surface area (Å²) < 4.78 is 15.8. The molecule has 0 N–H and O–H groups in total. The highest BCUT2D eigenvalue weighted by atomic mass is 16.5. The van der Waals surface area contributed by atoms with Gasteiger partial charge in [0.1, 0.15) is 5.75 Å². The Hall–Kier alpha value is -3.21. The molecule has 0 spiro atoms. The van der Waals surface area contributed by atoms with Crippen LogP contribution in [0, 0.1) is 0 Å². The van der Waals surface area contributed by atoms with Crippen LogP contribution in [0.25, 0.3) is 10.8 Å². The fourth-order valence-electron chi connectivity index (χ4n) is 3.03. The van der Waals surface area contributed by atoms with Gasteiger partial charge in [-0.15, -0.1) is 0 Å². The van der Waals surface area contributed by atoms with E-state index in [-0.39, 0.29) is 5.91 Å². The molecule has 0 fully saturated rings. The van der Waals surface area contributed by atoms with Gasteiger partial charge >= 0.3 is 0 Å². The molecule has 1 amide bonds. The molecule has 0 radical (unpaired) electrons. The Morgan fingerprint density at radius 1 is 0.815 bits per heavy atom. The quantitative estimate of drug-likeness (QED) is 0.659. The largest absolute Gasteiger partial charge is 0.497 e. The number of fused-ring (bicyclic) bond motifs is 1. The summed E-state index contributed by atoms with van der Waals surface area (Å²) in [6.45, 7) is 0.509. The van der Waals surface area contributed by atoms with Crippen molar-refractivity contribution in [3.8, 4) is 17.2 Å². The fourth-order valence-corrected chi connectivity index (χ4v) is 3.03. The Balaban J connectivity index is 1.79. The van der Waals surface area contributed by atoms with Gasteiger partial charge in [0.15, 0.2) is 11.5 Å². The number of carbonyl (C=O) groups is 1. The van der Waals surface area contributed by atoms with E-state index >= 15 is 0 Å². The molecule has 140 valence electrons. The summed E-state index contributed by atoms with van der Waals surface area (Å²) >= 11 is 0. The molecule has 27 heavy (non-hydrogen) atoms. The van der Waals surface area contributed by atoms with E-state index in [1.807, 2.05) is 30.3 Å². The van der Waals surface area contributed by atoms with Crippen LogP contribution < -0.4 is 14.2 Å². The zero-order chi connectivity index (χ0) is 19.4. The van der Waals surface area contributed by atoms with E-state index in [0.29, 0.717) is 23.6 Å². The molecule has 0 aliphatic carbocycles. The average Bonchev–Trinajstić information content (AvgIpc) is 2.72. The van der Waals surface area contributed by atoms with Crippen molar-refractivity contribution >= 4 is 16.7 Å². The minimum Gasteiger partial charge on any atom is -0.497 e. The standard InChI is InChI=1S/C22H23NO4/c1-23(22(24)18-8-10-20(26-3)21(13-18)27-4)14-15-5-6-17-12-19(25-2)9-7-16(17)11-15/h5-13H,14H2,1-4H3. The number of nitrogens with zero attached hydrogens (tertiary/aromatic N) is 1. The molecule has 3 aromatic carbocycles. The monoisotopic (exact) mass is 365 g/mol. The molecule has 3 rings (SSSR count). The highest BCUT2D eigenvalue weighted by Gasteiger charge is 2.15. The lowest BCUT2D eigenvalue weighted by Gasteiger charge is -2.18. The summed E-state index contributed by atoms with van der Waals surface area (Å²) in [6, 6.07) is 17.3. The van der Waals surface area contributed by atoms with Crippen LogP contribution in [0.15, 0.2) is 54.6 Å². The van der Waals surface area contributed by atoms with Crippen LogP contribution in [0.4, 0.5) is 0 Å². The second kappa shape index (κ2) is 7.99. The van der Waals surface area contributed by atoms with Crippen LogP contribution in [0.2, 0.25) is 0 Å². The summed E-state index contributed by atoms with van der Waals surface area (Å²) in [6.07, 6.45) is 0. The van der Waals surface area contributed by atoms with Gasteiger partial charge < -0.3 is 19.1 Å². The van der Waals surface area contributed by atoms with Crippen molar-refractivity contribution in [2.45, 2.75) is 6.54 Å². The predicted molar refractivity (Wildman–Crippen MR) is 106 cm³/mol. The minimum atomic E-state index is -0.0780. The van der Waals surface area contributed by atoms with Crippen LogP contribution in [-0.4, -0.2) is 39.2 Å². The molecule has 0 atom stereocenters. The second-order valence-corrected chi connectivity index (χ2v) is 6.28. The van der Waals surface area contributed by atoms with Crippen molar-refractivity contribution in [1.82, 2.24) is 4.90 Å². The molecule has 0 saturated heterocycles. The van der Waals surface area contributed by atoms with E-state index < -0.39 is 0 Å². The van der Waals surface area contributed by atoms with Crippen LogP contribution in [0.3, 0.4) is 0 Å². The summed E-state index contributed by atoms with van der Waals surface area (Å²) in [7, 11) is 6.57. The number of benzene rings is 3. The molecule has 0 aliphatic heterocycles. The Morgan fingerprint density at radius 2 is 1.52 bits per heavy atom. The van der Waals surface area contributed by atoms with E-state index in [4.69, 9.17) is 14.2 Å². The highest BCUT2D eigenvalue weighted by Crippen LogP contribution is 2.28. The predicted octanol–water partition coefficient (Wildman–Crippen LogP) is 4.14. The molecule has 0 aliphatic rings. The maximum atomic E-state index is 12.8. The zero-order valence-corrected chi connectivity index (χ0v) is 16.0. The van der Waals surface area contributed by atoms with E-state index in [1.165, 1.54) is 0 Å². The number of hydrogen-bond acceptors (Lipinski definition) is 4. The summed E-state index contributed by atoms with van der Waals surface area (Å²) in [5.74, 6) is 1.89. The number of carbonyl (C=O) groups excluding carboxylic acids is 1. The van der Waals surface area contributed by atoms with E-state index in [2.05, 4.69) is 6.07 Å². The number of methoxy groups -OCH3 is 3. The van der Waals surface area contributed by atoms with Gasteiger partial charge in [-0.05, 0) is 52.7 Å². The number of ether oxygens (including phenoxy) is 3. The normalized spacial score (nSPS) is 10.5. The third-order valence-corrected chi connectivity index (χ3v) is 4.51. The van der Waals surface area contributed by atoms with Crippen molar-refractivity contribution in [3.63, 3.8) is 0 Å². The molecule has 0 saturated carbocycles. The molecular formula is C22H23NO4. The van der Waals surface area contributed by atoms with Crippen molar-refractivity contribution in [2.75, 3.05) is 28.4 Å². The van der Waals surface area contributed by atoms with Gasteiger partial charge in [-0.3, -0.25) is 4.79 Å². The summed E-state index contributed by atoms with van der Waals surface area (Å²) in [5.41, 5.74) is 1.62. The number of amides is 1. The maximum Gasteiger partial charge on any atom is 0.254 e. The topological polar surface area (TPSA) is 48.0 Å². The maximum absolute atomic E-state index is 12.8. The van der Waals surface area contributed by atoms with Crippen molar-refractivity contribution in [2.24, 2.45) is 0 Å². The smallest absolute Gasteiger partial charge is 0.254 e. The summed E-state index contributed by atoms with van der Waals surface area (Å²) in [5, 5.41) is 2.22. The van der Waals surface area contributed by atoms with Gasteiger partial charge in [0.05, 0.1) is 21.3 Å². The number of hydrogen-bond donors (Lipinski definition) is 0. The zero-order valence-electron chi connectivity index (χ0n) is 16.0. The van der Waals surface area contributed by atoms with Crippen LogP contribution in [0.5, 0.6) is 17.2 Å². The SMILES string of the molecule is COc1ccc2cc(CN(C)C(=O)c3ccc(OC)c(OC)c3)ccc2c1. The van der Waals surface area contributed by atoms with E-state index in [9.17, 15) is 4.79 Å². The molecule has 0 unspecified atom stereocenters. The Bertz CT molecular complexity index is 968. The van der Waals surface area contributed by atoms with Gasteiger partial charge in [-0.1, -0.05) is 18.2 Å². The first-order chi connectivity index (χ1) is 13.0. The van der Waals surface area contributed by atoms with Crippen molar-refractivity contribution in [3.05, 3.63) is 65.7 Å². The molecule has 0 bridgehead atoms. The first kappa shape index (κ1) is 18.6.